The summed E-state index contributed by atoms with van der Waals surface area (Å²) in [6, 6.07) is 5.34. The van der Waals surface area contributed by atoms with Gasteiger partial charge in [-0.05, 0) is 31.2 Å². The number of hydrogen-bond acceptors (Lipinski definition) is 2. The van der Waals surface area contributed by atoms with Crippen LogP contribution in [0.1, 0.15) is 12.0 Å². The average Bonchev–Trinajstić information content (AvgIpc) is 2.78. The van der Waals surface area contributed by atoms with Crippen LogP contribution in [0.3, 0.4) is 0 Å². The first-order chi connectivity index (χ1) is 9.08. The van der Waals surface area contributed by atoms with Crippen LogP contribution < -0.4 is 0 Å². The van der Waals surface area contributed by atoms with Crippen LogP contribution in [0.4, 0.5) is 8.78 Å². The molecule has 5 heteroatoms. The number of fused-ring (bicyclic) bond motifs is 1. The van der Waals surface area contributed by atoms with Crippen molar-refractivity contribution in [1.82, 2.24) is 9.88 Å². The third-order valence-electron chi connectivity index (χ3n) is 3.26. The van der Waals surface area contributed by atoms with Gasteiger partial charge in [0, 0.05) is 36.6 Å². The van der Waals surface area contributed by atoms with Crippen molar-refractivity contribution in [2.45, 2.75) is 19.3 Å². The molecule has 1 heterocycles. The van der Waals surface area contributed by atoms with Crippen LogP contribution >= 0.6 is 0 Å². The molecule has 0 aliphatic heterocycles. The van der Waals surface area contributed by atoms with Gasteiger partial charge in [-0.15, -0.1) is 0 Å². The molecule has 0 aliphatic carbocycles. The summed E-state index contributed by atoms with van der Waals surface area (Å²) < 4.78 is 24.2. The van der Waals surface area contributed by atoms with E-state index in [1.54, 1.807) is 12.1 Å². The van der Waals surface area contributed by atoms with Gasteiger partial charge in [0.1, 0.15) is 5.75 Å². The minimum Gasteiger partial charge on any atom is -0.507 e. The molecule has 0 bridgehead atoms. The fraction of sp³-hybridized carbons (Fsp3) is 0.429. The van der Waals surface area contributed by atoms with Crippen molar-refractivity contribution >= 4 is 10.9 Å². The summed E-state index contributed by atoms with van der Waals surface area (Å²) in [5, 5.41) is 10.7. The molecule has 0 radical (unpaired) electrons. The zero-order chi connectivity index (χ0) is 13.8. The van der Waals surface area contributed by atoms with Gasteiger partial charge in [0.2, 0.25) is 6.43 Å². The molecule has 2 N–H and O–H groups in total. The first-order valence-corrected chi connectivity index (χ1v) is 6.32. The van der Waals surface area contributed by atoms with Gasteiger partial charge in [-0.2, -0.15) is 0 Å². The number of phenols is 1. The Balaban J connectivity index is 1.98. The van der Waals surface area contributed by atoms with Crippen LogP contribution in [0.25, 0.3) is 10.9 Å². The molecule has 2 rings (SSSR count). The second-order valence-corrected chi connectivity index (χ2v) is 4.75. The standard InChI is InChI=1S/C14H18F2N2O/c1-18(8-6-13(15)16)7-5-10-9-17-11-3-2-4-12(19)14(10)11/h2-4,9,13,17,19H,5-8H2,1H3. The summed E-state index contributed by atoms with van der Waals surface area (Å²) >= 11 is 0. The van der Waals surface area contributed by atoms with E-state index in [0.717, 1.165) is 22.9 Å². The number of alkyl halides is 2. The van der Waals surface area contributed by atoms with Gasteiger partial charge >= 0.3 is 0 Å². The Labute approximate surface area is 110 Å². The Kier molecular flexibility index (Phi) is 4.37. The second kappa shape index (κ2) is 6.02. The third kappa shape index (κ3) is 3.44. The number of rotatable bonds is 6. The lowest BCUT2D eigenvalue weighted by atomic mass is 10.1. The molecule has 0 aliphatic rings. The van der Waals surface area contributed by atoms with Crippen molar-refractivity contribution in [2.24, 2.45) is 0 Å². The maximum absolute atomic E-state index is 12.1. The van der Waals surface area contributed by atoms with Crippen LogP contribution in [0.2, 0.25) is 0 Å². The maximum Gasteiger partial charge on any atom is 0.239 e. The van der Waals surface area contributed by atoms with Crippen LogP contribution in [-0.2, 0) is 6.42 Å². The number of phenolic OH excluding ortho intramolecular Hbond substituents is 1. The Bertz CT molecular complexity index is 539. The smallest absolute Gasteiger partial charge is 0.239 e. The molecule has 0 saturated heterocycles. The lowest BCUT2D eigenvalue weighted by Crippen LogP contribution is -2.23. The lowest BCUT2D eigenvalue weighted by Gasteiger charge is -2.15. The van der Waals surface area contributed by atoms with E-state index in [0.29, 0.717) is 13.1 Å². The van der Waals surface area contributed by atoms with E-state index >= 15 is 0 Å². The first kappa shape index (κ1) is 13.8. The Morgan fingerprint density at radius 2 is 2.11 bits per heavy atom. The van der Waals surface area contributed by atoms with E-state index in [-0.39, 0.29) is 12.2 Å². The number of nitrogens with one attached hydrogen (secondary N) is 1. The highest BCUT2D eigenvalue weighted by molar-refractivity contribution is 5.88. The predicted octanol–water partition coefficient (Wildman–Crippen LogP) is 3.00. The van der Waals surface area contributed by atoms with E-state index < -0.39 is 6.43 Å². The maximum atomic E-state index is 12.1. The molecular formula is C14H18F2N2O. The highest BCUT2D eigenvalue weighted by Gasteiger charge is 2.10. The zero-order valence-corrected chi connectivity index (χ0v) is 10.9. The fourth-order valence-corrected chi connectivity index (χ4v) is 2.17. The molecule has 1 aromatic carbocycles. The number of hydrogen-bond donors (Lipinski definition) is 2. The number of likely N-dealkylation sites (N-methyl/N-ethyl adjacent to an activating group) is 1. The van der Waals surface area contributed by atoms with E-state index in [1.807, 2.05) is 24.2 Å². The summed E-state index contributed by atoms with van der Waals surface area (Å²) in [7, 11) is 1.83. The average molecular weight is 268 g/mol. The Morgan fingerprint density at radius 3 is 2.84 bits per heavy atom. The summed E-state index contributed by atoms with van der Waals surface area (Å²) in [4.78, 5) is 4.98. The third-order valence-corrected chi connectivity index (χ3v) is 3.26. The number of aromatic hydroxyl groups is 1. The lowest BCUT2D eigenvalue weighted by molar-refractivity contribution is 0.122. The van der Waals surface area contributed by atoms with Gasteiger partial charge in [-0.25, -0.2) is 8.78 Å². The number of nitrogens with zero attached hydrogens (tertiary/aromatic N) is 1. The van der Waals surface area contributed by atoms with Gasteiger partial charge in [0.05, 0.1) is 0 Å². The van der Waals surface area contributed by atoms with Crippen LogP contribution in [0.15, 0.2) is 24.4 Å². The van der Waals surface area contributed by atoms with Crippen molar-refractivity contribution in [3.63, 3.8) is 0 Å². The molecule has 0 unspecified atom stereocenters. The minimum absolute atomic E-state index is 0.102. The molecule has 104 valence electrons. The van der Waals surface area contributed by atoms with Crippen molar-refractivity contribution in [2.75, 3.05) is 20.1 Å². The van der Waals surface area contributed by atoms with Crippen LogP contribution in [0, 0.1) is 0 Å². The highest BCUT2D eigenvalue weighted by atomic mass is 19.3. The van der Waals surface area contributed by atoms with Gasteiger partial charge in [0.25, 0.3) is 0 Å². The number of H-pyrrole nitrogens is 1. The highest BCUT2D eigenvalue weighted by Crippen LogP contribution is 2.27. The Morgan fingerprint density at radius 1 is 1.32 bits per heavy atom. The molecule has 0 amide bonds. The quantitative estimate of drug-likeness (QED) is 0.845. The van der Waals surface area contributed by atoms with E-state index in [1.165, 1.54) is 0 Å². The number of aromatic amines is 1. The normalized spacial score (nSPS) is 11.8. The monoisotopic (exact) mass is 268 g/mol. The SMILES string of the molecule is CN(CCc1c[nH]c2cccc(O)c12)CCC(F)F. The summed E-state index contributed by atoms with van der Waals surface area (Å²) in [6.07, 6.45) is 0.234. The Hall–Kier alpha value is -1.62. The van der Waals surface area contributed by atoms with Crippen LogP contribution in [0.5, 0.6) is 5.75 Å². The molecule has 1 aromatic heterocycles. The number of benzene rings is 1. The molecular weight excluding hydrogens is 250 g/mol. The fourth-order valence-electron chi connectivity index (χ4n) is 2.17. The number of halogens is 2. The molecule has 0 spiro atoms. The first-order valence-electron chi connectivity index (χ1n) is 6.32. The van der Waals surface area contributed by atoms with Crippen molar-refractivity contribution in [1.29, 1.82) is 0 Å². The zero-order valence-electron chi connectivity index (χ0n) is 10.9. The topological polar surface area (TPSA) is 39.3 Å². The molecule has 3 nitrogen and oxygen atoms in total. The molecule has 0 fully saturated rings. The summed E-state index contributed by atoms with van der Waals surface area (Å²) in [6.45, 7) is 1.07. The van der Waals surface area contributed by atoms with Crippen molar-refractivity contribution in [3.05, 3.63) is 30.0 Å². The number of aromatic nitrogens is 1. The molecule has 2 aromatic rings. The van der Waals surface area contributed by atoms with Crippen LogP contribution in [-0.4, -0.2) is 41.6 Å². The largest absolute Gasteiger partial charge is 0.507 e. The second-order valence-electron chi connectivity index (χ2n) is 4.75. The van der Waals surface area contributed by atoms with E-state index in [9.17, 15) is 13.9 Å². The summed E-state index contributed by atoms with van der Waals surface area (Å²) in [5.74, 6) is 0.254. The molecule has 19 heavy (non-hydrogen) atoms. The van der Waals surface area contributed by atoms with Crippen molar-refractivity contribution < 1.29 is 13.9 Å². The summed E-state index contributed by atoms with van der Waals surface area (Å²) in [5.41, 5.74) is 1.90. The minimum atomic E-state index is -2.25. The van der Waals surface area contributed by atoms with E-state index in [4.69, 9.17) is 0 Å². The molecule has 0 saturated carbocycles. The van der Waals surface area contributed by atoms with Gasteiger partial charge in [0.15, 0.2) is 0 Å². The predicted molar refractivity (Wildman–Crippen MR) is 71.8 cm³/mol. The van der Waals surface area contributed by atoms with Gasteiger partial charge in [-0.3, -0.25) is 0 Å². The van der Waals surface area contributed by atoms with Gasteiger partial charge in [-0.1, -0.05) is 6.07 Å². The van der Waals surface area contributed by atoms with E-state index in [2.05, 4.69) is 4.98 Å². The van der Waals surface area contributed by atoms with Crippen molar-refractivity contribution in [3.8, 4) is 5.75 Å². The van der Waals surface area contributed by atoms with Gasteiger partial charge < -0.3 is 15.0 Å². The molecule has 0 atom stereocenters.